The Bertz CT molecular complexity index is 499. The molecule has 1 atom stereocenters. The SMILES string of the molecule is COCC(C)NC(=O)Cn1ncc(NC(C)C)cc1=O. The molecule has 112 valence electrons. The second-order valence-electron chi connectivity index (χ2n) is 4.96. The Labute approximate surface area is 118 Å². The highest BCUT2D eigenvalue weighted by Crippen LogP contribution is 2.01. The molecule has 1 aromatic heterocycles. The van der Waals surface area contributed by atoms with Gasteiger partial charge in [-0.3, -0.25) is 9.59 Å². The van der Waals surface area contributed by atoms with Crippen LogP contribution in [-0.4, -0.2) is 41.5 Å². The van der Waals surface area contributed by atoms with E-state index in [0.29, 0.717) is 12.3 Å². The first kappa shape index (κ1) is 16.2. The highest BCUT2D eigenvalue weighted by Gasteiger charge is 2.09. The normalized spacial score (nSPS) is 12.2. The van der Waals surface area contributed by atoms with Crippen LogP contribution < -0.4 is 16.2 Å². The number of carbonyl (C=O) groups excluding carboxylic acids is 1. The zero-order valence-corrected chi connectivity index (χ0v) is 12.3. The molecule has 7 nitrogen and oxygen atoms in total. The van der Waals surface area contributed by atoms with Gasteiger partial charge >= 0.3 is 0 Å². The fraction of sp³-hybridized carbons (Fsp3) is 0.615. The van der Waals surface area contributed by atoms with Crippen molar-refractivity contribution in [2.45, 2.75) is 39.4 Å². The van der Waals surface area contributed by atoms with Gasteiger partial charge in [-0.2, -0.15) is 5.10 Å². The molecule has 0 fully saturated rings. The van der Waals surface area contributed by atoms with Crippen molar-refractivity contribution in [1.82, 2.24) is 15.1 Å². The zero-order valence-electron chi connectivity index (χ0n) is 12.3. The summed E-state index contributed by atoms with van der Waals surface area (Å²) in [4.78, 5) is 23.6. The molecule has 0 spiro atoms. The standard InChI is InChI=1S/C13H22N4O3/c1-9(2)15-11-5-13(19)17(14-6-11)7-12(18)16-10(3)8-20-4/h5-6,9-10,15H,7-8H2,1-4H3,(H,16,18). The Hall–Kier alpha value is -1.89. The second kappa shape index (κ2) is 7.64. The summed E-state index contributed by atoms with van der Waals surface area (Å²) in [6.45, 7) is 6.08. The summed E-state index contributed by atoms with van der Waals surface area (Å²) in [5.74, 6) is -0.270. The molecule has 2 N–H and O–H groups in total. The Morgan fingerprint density at radius 1 is 1.45 bits per heavy atom. The first-order valence-electron chi connectivity index (χ1n) is 6.54. The van der Waals surface area contributed by atoms with E-state index in [9.17, 15) is 9.59 Å². The van der Waals surface area contributed by atoms with E-state index in [1.54, 1.807) is 7.11 Å². The summed E-state index contributed by atoms with van der Waals surface area (Å²) in [6.07, 6.45) is 1.53. The number of nitrogens with zero attached hydrogens (tertiary/aromatic N) is 2. The number of aromatic nitrogens is 2. The van der Waals surface area contributed by atoms with Crippen LogP contribution in [0.25, 0.3) is 0 Å². The van der Waals surface area contributed by atoms with Crippen LogP contribution in [0.15, 0.2) is 17.1 Å². The molecule has 7 heteroatoms. The van der Waals surface area contributed by atoms with E-state index in [1.807, 2.05) is 20.8 Å². The fourth-order valence-corrected chi connectivity index (χ4v) is 1.71. The molecule has 0 saturated carbocycles. The van der Waals surface area contributed by atoms with Crippen LogP contribution in [0.1, 0.15) is 20.8 Å². The first-order valence-corrected chi connectivity index (χ1v) is 6.54. The Kier molecular flexibility index (Phi) is 6.17. The molecular weight excluding hydrogens is 260 g/mol. The highest BCUT2D eigenvalue weighted by atomic mass is 16.5. The van der Waals surface area contributed by atoms with Crippen LogP contribution in [0.4, 0.5) is 5.69 Å². The van der Waals surface area contributed by atoms with Gasteiger partial charge in [-0.25, -0.2) is 4.68 Å². The first-order chi connectivity index (χ1) is 9.42. The van der Waals surface area contributed by atoms with E-state index < -0.39 is 0 Å². The van der Waals surface area contributed by atoms with Gasteiger partial charge in [-0.1, -0.05) is 0 Å². The van der Waals surface area contributed by atoms with Gasteiger partial charge in [-0.15, -0.1) is 0 Å². The minimum absolute atomic E-state index is 0.102. The van der Waals surface area contributed by atoms with Crippen molar-refractivity contribution < 1.29 is 9.53 Å². The number of methoxy groups -OCH3 is 1. The summed E-state index contributed by atoms with van der Waals surface area (Å²) in [6, 6.07) is 1.54. The Morgan fingerprint density at radius 3 is 2.70 bits per heavy atom. The third kappa shape index (κ3) is 5.40. The van der Waals surface area contributed by atoms with E-state index in [-0.39, 0.29) is 30.1 Å². The van der Waals surface area contributed by atoms with Gasteiger partial charge in [0.25, 0.3) is 5.56 Å². The molecule has 1 aromatic rings. The maximum atomic E-state index is 11.8. The number of hydrogen-bond acceptors (Lipinski definition) is 5. The highest BCUT2D eigenvalue weighted by molar-refractivity contribution is 5.75. The summed E-state index contributed by atoms with van der Waals surface area (Å²) in [5.41, 5.74) is 0.333. The van der Waals surface area contributed by atoms with Crippen molar-refractivity contribution in [2.24, 2.45) is 0 Å². The largest absolute Gasteiger partial charge is 0.383 e. The monoisotopic (exact) mass is 282 g/mol. The fourth-order valence-electron chi connectivity index (χ4n) is 1.71. The van der Waals surface area contributed by atoms with Crippen molar-refractivity contribution in [3.8, 4) is 0 Å². The van der Waals surface area contributed by atoms with Crippen LogP contribution in [-0.2, 0) is 16.1 Å². The lowest BCUT2D eigenvalue weighted by molar-refractivity contribution is -0.122. The third-order valence-corrected chi connectivity index (χ3v) is 2.44. The van der Waals surface area contributed by atoms with Crippen molar-refractivity contribution in [3.63, 3.8) is 0 Å². The molecule has 1 unspecified atom stereocenters. The Morgan fingerprint density at radius 2 is 2.15 bits per heavy atom. The lowest BCUT2D eigenvalue weighted by atomic mass is 10.3. The van der Waals surface area contributed by atoms with Gasteiger partial charge in [0.05, 0.1) is 18.5 Å². The molecular formula is C13H22N4O3. The molecule has 0 saturated heterocycles. The number of hydrogen-bond donors (Lipinski definition) is 2. The van der Waals surface area contributed by atoms with Crippen LogP contribution in [0.3, 0.4) is 0 Å². The van der Waals surface area contributed by atoms with E-state index in [0.717, 1.165) is 4.68 Å². The molecule has 1 amide bonds. The Balaban J connectivity index is 2.64. The smallest absolute Gasteiger partial charge is 0.269 e. The summed E-state index contributed by atoms with van der Waals surface area (Å²) >= 11 is 0. The minimum atomic E-state index is -0.315. The lowest BCUT2D eigenvalue weighted by Gasteiger charge is -2.13. The van der Waals surface area contributed by atoms with Crippen LogP contribution >= 0.6 is 0 Å². The van der Waals surface area contributed by atoms with Gasteiger partial charge in [-0.05, 0) is 20.8 Å². The second-order valence-corrected chi connectivity index (χ2v) is 4.96. The average Bonchev–Trinajstić information content (AvgIpc) is 2.32. The number of ether oxygens (including phenoxy) is 1. The van der Waals surface area contributed by atoms with Crippen LogP contribution in [0.2, 0.25) is 0 Å². The van der Waals surface area contributed by atoms with Crippen LogP contribution in [0, 0.1) is 0 Å². The predicted molar refractivity (Wildman–Crippen MR) is 76.7 cm³/mol. The molecule has 0 aliphatic heterocycles. The number of rotatable bonds is 7. The quantitative estimate of drug-likeness (QED) is 0.747. The van der Waals surface area contributed by atoms with E-state index in [2.05, 4.69) is 15.7 Å². The number of anilines is 1. The van der Waals surface area contributed by atoms with E-state index in [1.165, 1.54) is 12.3 Å². The topological polar surface area (TPSA) is 85.2 Å². The molecule has 0 radical (unpaired) electrons. The molecule has 0 aromatic carbocycles. The number of nitrogens with one attached hydrogen (secondary N) is 2. The van der Waals surface area contributed by atoms with Crippen LogP contribution in [0.5, 0.6) is 0 Å². The van der Waals surface area contributed by atoms with Crippen molar-refractivity contribution >= 4 is 11.6 Å². The van der Waals surface area contributed by atoms with Gasteiger partial charge in [0, 0.05) is 25.3 Å². The molecule has 1 heterocycles. The number of amides is 1. The summed E-state index contributed by atoms with van der Waals surface area (Å²) < 4.78 is 6.05. The summed E-state index contributed by atoms with van der Waals surface area (Å²) in [5, 5.41) is 9.78. The van der Waals surface area contributed by atoms with Crippen molar-refractivity contribution in [3.05, 3.63) is 22.6 Å². The molecule has 0 aliphatic rings. The van der Waals surface area contributed by atoms with Gasteiger partial charge < -0.3 is 15.4 Å². The average molecular weight is 282 g/mol. The maximum absolute atomic E-state index is 11.8. The van der Waals surface area contributed by atoms with Crippen molar-refractivity contribution in [1.29, 1.82) is 0 Å². The zero-order chi connectivity index (χ0) is 15.1. The summed E-state index contributed by atoms with van der Waals surface area (Å²) in [7, 11) is 1.56. The number of carbonyl (C=O) groups is 1. The lowest BCUT2D eigenvalue weighted by Crippen LogP contribution is -2.40. The van der Waals surface area contributed by atoms with Gasteiger partial charge in [0.2, 0.25) is 5.91 Å². The molecule has 1 rings (SSSR count). The van der Waals surface area contributed by atoms with Gasteiger partial charge in [0.1, 0.15) is 6.54 Å². The van der Waals surface area contributed by atoms with Crippen molar-refractivity contribution in [2.75, 3.05) is 19.0 Å². The van der Waals surface area contributed by atoms with E-state index in [4.69, 9.17) is 4.74 Å². The molecule has 0 aliphatic carbocycles. The molecule has 20 heavy (non-hydrogen) atoms. The van der Waals surface area contributed by atoms with Gasteiger partial charge in [0.15, 0.2) is 0 Å². The molecule has 0 bridgehead atoms. The third-order valence-electron chi connectivity index (χ3n) is 2.44. The maximum Gasteiger partial charge on any atom is 0.269 e. The predicted octanol–water partition coefficient (Wildman–Crippen LogP) is 0.215. The van der Waals surface area contributed by atoms with E-state index >= 15 is 0 Å². The minimum Gasteiger partial charge on any atom is -0.383 e.